The molecule has 0 radical (unpaired) electrons. The van der Waals surface area contributed by atoms with Crippen LogP contribution in [0.4, 0.5) is 0 Å². The Morgan fingerprint density at radius 2 is 1.59 bits per heavy atom. The number of carbonyl (C=O) groups is 1. The van der Waals surface area contributed by atoms with Gasteiger partial charge in [-0.25, -0.2) is 4.99 Å². The van der Waals surface area contributed by atoms with Gasteiger partial charge in [0.15, 0.2) is 5.96 Å². The van der Waals surface area contributed by atoms with E-state index in [9.17, 15) is 4.79 Å². The summed E-state index contributed by atoms with van der Waals surface area (Å²) in [6.07, 6.45) is 2.72. The van der Waals surface area contributed by atoms with Crippen molar-refractivity contribution in [1.82, 2.24) is 25.3 Å². The zero-order chi connectivity index (χ0) is 22.8. The lowest BCUT2D eigenvalue weighted by atomic mass is 9.93. The van der Waals surface area contributed by atoms with Crippen molar-refractivity contribution in [2.45, 2.75) is 46.2 Å². The highest BCUT2D eigenvalue weighted by Crippen LogP contribution is 2.20. The van der Waals surface area contributed by atoms with Crippen molar-refractivity contribution in [1.29, 1.82) is 0 Å². The van der Waals surface area contributed by atoms with Gasteiger partial charge in [-0.05, 0) is 43.4 Å². The molecule has 32 heavy (non-hydrogen) atoms. The maximum Gasteiger partial charge on any atom is 0.220 e. The number of nitrogens with one attached hydrogen (secondary N) is 2. The van der Waals surface area contributed by atoms with Crippen LogP contribution in [0, 0.1) is 5.92 Å². The lowest BCUT2D eigenvalue weighted by Crippen LogP contribution is -2.46. The summed E-state index contributed by atoms with van der Waals surface area (Å²) in [5.41, 5.74) is 2.63. The number of piperazine rings is 1. The molecular formula is C25H42N6O. The average Bonchev–Trinajstić information content (AvgIpc) is 2.83. The van der Waals surface area contributed by atoms with Crippen molar-refractivity contribution in [3.8, 4) is 0 Å². The summed E-state index contributed by atoms with van der Waals surface area (Å²) in [5, 5.41) is 6.19. The van der Waals surface area contributed by atoms with E-state index in [0.717, 1.165) is 64.6 Å². The number of carbonyl (C=O) groups excluding carboxylic acids is 1. The third kappa shape index (κ3) is 7.48. The minimum Gasteiger partial charge on any atom is -0.359 e. The van der Waals surface area contributed by atoms with E-state index in [1.807, 2.05) is 0 Å². The van der Waals surface area contributed by atoms with Gasteiger partial charge >= 0.3 is 0 Å². The van der Waals surface area contributed by atoms with Gasteiger partial charge in [0, 0.05) is 65.8 Å². The number of benzene rings is 1. The molecule has 0 saturated carbocycles. The average molecular weight is 443 g/mol. The highest BCUT2D eigenvalue weighted by Gasteiger charge is 2.23. The highest BCUT2D eigenvalue weighted by atomic mass is 16.1. The molecule has 2 N–H and O–H groups in total. The van der Waals surface area contributed by atoms with Gasteiger partial charge in [-0.1, -0.05) is 31.2 Å². The van der Waals surface area contributed by atoms with Crippen LogP contribution in [-0.2, 0) is 17.9 Å². The summed E-state index contributed by atoms with van der Waals surface area (Å²) >= 11 is 0. The summed E-state index contributed by atoms with van der Waals surface area (Å²) in [6.45, 7) is 14.7. The number of aliphatic imine (C=N–C) groups is 1. The van der Waals surface area contributed by atoms with Crippen LogP contribution in [0.2, 0.25) is 0 Å². The molecule has 0 aliphatic carbocycles. The number of piperidine rings is 1. The van der Waals surface area contributed by atoms with Crippen LogP contribution in [0.25, 0.3) is 0 Å². The number of nitrogens with zero attached hydrogens (tertiary/aromatic N) is 4. The molecule has 178 valence electrons. The number of likely N-dealkylation sites (tertiary alicyclic amines) is 1. The highest BCUT2D eigenvalue weighted by molar-refractivity contribution is 5.80. The Labute approximate surface area is 194 Å². The van der Waals surface area contributed by atoms with Gasteiger partial charge in [-0.2, -0.15) is 0 Å². The quantitative estimate of drug-likeness (QED) is 0.477. The van der Waals surface area contributed by atoms with E-state index in [1.54, 1.807) is 7.05 Å². The van der Waals surface area contributed by atoms with Crippen molar-refractivity contribution < 1.29 is 4.79 Å². The van der Waals surface area contributed by atoms with E-state index in [4.69, 9.17) is 4.99 Å². The summed E-state index contributed by atoms with van der Waals surface area (Å²) in [5.74, 6) is 1.62. The zero-order valence-electron chi connectivity index (χ0n) is 20.3. The Balaban J connectivity index is 1.49. The second-order valence-corrected chi connectivity index (χ2v) is 9.00. The van der Waals surface area contributed by atoms with E-state index in [1.165, 1.54) is 24.2 Å². The maximum atomic E-state index is 11.7. The van der Waals surface area contributed by atoms with Crippen LogP contribution in [0.15, 0.2) is 29.3 Å². The maximum absolute atomic E-state index is 11.7. The Hall–Kier alpha value is -2.12. The Bertz CT molecular complexity index is 718. The van der Waals surface area contributed by atoms with Gasteiger partial charge in [-0.15, -0.1) is 0 Å². The molecular weight excluding hydrogens is 400 g/mol. The Morgan fingerprint density at radius 3 is 2.19 bits per heavy atom. The predicted octanol–water partition coefficient (Wildman–Crippen LogP) is 2.14. The molecule has 2 aliphatic heterocycles. The molecule has 1 aromatic carbocycles. The van der Waals surface area contributed by atoms with Gasteiger partial charge < -0.3 is 20.4 Å². The monoisotopic (exact) mass is 442 g/mol. The van der Waals surface area contributed by atoms with Crippen LogP contribution >= 0.6 is 0 Å². The van der Waals surface area contributed by atoms with Crippen LogP contribution in [-0.4, -0.2) is 86.0 Å². The fourth-order valence-corrected chi connectivity index (χ4v) is 4.58. The SMILES string of the molecule is CCNC(=NCc1ccc(CN2CCN(CC)CC2)cc1)N1CCC(CC(=O)NC)CC1. The number of hydrogen-bond donors (Lipinski definition) is 2. The van der Waals surface area contributed by atoms with Crippen molar-refractivity contribution in [2.75, 3.05) is 59.4 Å². The van der Waals surface area contributed by atoms with Crippen LogP contribution < -0.4 is 10.6 Å². The first-order valence-corrected chi connectivity index (χ1v) is 12.4. The van der Waals surface area contributed by atoms with Crippen molar-refractivity contribution in [3.05, 3.63) is 35.4 Å². The number of rotatable bonds is 8. The van der Waals surface area contributed by atoms with Crippen molar-refractivity contribution in [3.63, 3.8) is 0 Å². The van der Waals surface area contributed by atoms with Gasteiger partial charge in [-0.3, -0.25) is 9.69 Å². The molecule has 2 saturated heterocycles. The van der Waals surface area contributed by atoms with Gasteiger partial charge in [0.1, 0.15) is 0 Å². The van der Waals surface area contributed by atoms with E-state index in [-0.39, 0.29) is 5.91 Å². The van der Waals surface area contributed by atoms with Crippen molar-refractivity contribution >= 4 is 11.9 Å². The largest absolute Gasteiger partial charge is 0.359 e. The topological polar surface area (TPSA) is 63.2 Å². The van der Waals surface area contributed by atoms with Gasteiger partial charge in [0.25, 0.3) is 0 Å². The number of guanidine groups is 1. The molecule has 2 fully saturated rings. The summed E-state index contributed by atoms with van der Waals surface area (Å²) in [4.78, 5) is 24.0. The van der Waals surface area contributed by atoms with Crippen molar-refractivity contribution in [2.24, 2.45) is 10.9 Å². The molecule has 7 heteroatoms. The van der Waals surface area contributed by atoms with Crippen LogP contribution in [0.1, 0.15) is 44.2 Å². The number of amides is 1. The smallest absolute Gasteiger partial charge is 0.220 e. The van der Waals surface area contributed by atoms with Gasteiger partial charge in [0.2, 0.25) is 5.91 Å². The zero-order valence-corrected chi connectivity index (χ0v) is 20.3. The standard InChI is InChI=1S/C25H42N6O/c1-4-27-25(31-12-10-21(11-13-31)18-24(32)26-3)28-19-22-6-8-23(9-7-22)20-30-16-14-29(5-2)15-17-30/h6-9,21H,4-5,10-20H2,1-3H3,(H,26,32)(H,27,28). The van der Waals surface area contributed by atoms with Gasteiger partial charge in [0.05, 0.1) is 6.54 Å². The lowest BCUT2D eigenvalue weighted by molar-refractivity contribution is -0.121. The molecule has 2 aliphatic rings. The molecule has 0 unspecified atom stereocenters. The molecule has 0 aromatic heterocycles. The van der Waals surface area contributed by atoms with E-state index in [2.05, 4.69) is 63.4 Å². The van der Waals surface area contributed by atoms with Crippen LogP contribution in [0.3, 0.4) is 0 Å². The fourth-order valence-electron chi connectivity index (χ4n) is 4.58. The molecule has 0 bridgehead atoms. The first kappa shape index (κ1) is 24.5. The van der Waals surface area contributed by atoms with E-state index >= 15 is 0 Å². The number of hydrogen-bond acceptors (Lipinski definition) is 4. The second-order valence-electron chi connectivity index (χ2n) is 9.00. The molecule has 0 spiro atoms. The lowest BCUT2D eigenvalue weighted by Gasteiger charge is -2.34. The molecule has 2 heterocycles. The minimum atomic E-state index is 0.149. The third-order valence-corrected chi connectivity index (χ3v) is 6.75. The van der Waals surface area contributed by atoms with Crippen LogP contribution in [0.5, 0.6) is 0 Å². The summed E-state index contributed by atoms with van der Waals surface area (Å²) < 4.78 is 0. The second kappa shape index (κ2) is 12.8. The Kier molecular flexibility index (Phi) is 9.81. The molecule has 1 aromatic rings. The first-order valence-electron chi connectivity index (χ1n) is 12.4. The molecule has 0 atom stereocenters. The molecule has 7 nitrogen and oxygen atoms in total. The summed E-state index contributed by atoms with van der Waals surface area (Å²) in [6, 6.07) is 8.96. The Morgan fingerprint density at radius 1 is 0.969 bits per heavy atom. The third-order valence-electron chi connectivity index (χ3n) is 6.75. The number of likely N-dealkylation sites (N-methyl/N-ethyl adjacent to an activating group) is 1. The van der Waals surface area contributed by atoms with E-state index < -0.39 is 0 Å². The van der Waals surface area contributed by atoms with E-state index in [0.29, 0.717) is 18.9 Å². The predicted molar refractivity (Wildman–Crippen MR) is 132 cm³/mol. The molecule has 3 rings (SSSR count). The normalized spacial score (nSPS) is 19.2. The minimum absolute atomic E-state index is 0.149. The first-order chi connectivity index (χ1) is 15.6. The fraction of sp³-hybridized carbons (Fsp3) is 0.680. The molecule has 1 amide bonds. The summed E-state index contributed by atoms with van der Waals surface area (Å²) in [7, 11) is 1.72.